The molecule has 2 atom stereocenters. The number of likely N-dealkylation sites (N-methyl/N-ethyl adjacent to an activating group) is 1. The first-order chi connectivity index (χ1) is 10.9. The summed E-state index contributed by atoms with van der Waals surface area (Å²) in [6, 6.07) is 0.188. The average molecular weight is 353 g/mol. The zero-order valence-corrected chi connectivity index (χ0v) is 14.3. The molecule has 3 N–H and O–H groups in total. The van der Waals surface area contributed by atoms with Gasteiger partial charge in [0.15, 0.2) is 0 Å². The second-order valence-electron chi connectivity index (χ2n) is 6.78. The van der Waals surface area contributed by atoms with Crippen LogP contribution in [0.25, 0.3) is 0 Å². The Balaban J connectivity index is 0.000000351. The highest BCUT2D eigenvalue weighted by Gasteiger charge is 2.51. The number of carbonyl (C=O) groups is 2. The number of carbonyl (C=O) groups excluding carboxylic acids is 1. The van der Waals surface area contributed by atoms with Gasteiger partial charge in [-0.25, -0.2) is 4.79 Å². The minimum absolute atomic E-state index is 0.0149. The van der Waals surface area contributed by atoms with Gasteiger partial charge in [-0.1, -0.05) is 20.8 Å². The van der Waals surface area contributed by atoms with E-state index in [-0.39, 0.29) is 17.4 Å². The molecule has 1 saturated carbocycles. The minimum Gasteiger partial charge on any atom is -0.475 e. The second-order valence-corrected chi connectivity index (χ2v) is 6.78. The van der Waals surface area contributed by atoms with Crippen molar-refractivity contribution in [3.8, 4) is 0 Å². The lowest BCUT2D eigenvalue weighted by molar-refractivity contribution is -0.192. The quantitative estimate of drug-likeness (QED) is 0.778. The molecule has 1 aliphatic carbocycles. The number of carboxylic acid groups (broad SMARTS) is 1. The number of alkyl halides is 3. The van der Waals surface area contributed by atoms with Crippen molar-refractivity contribution >= 4 is 11.9 Å². The van der Waals surface area contributed by atoms with E-state index in [2.05, 4.69) is 25.7 Å². The summed E-state index contributed by atoms with van der Waals surface area (Å²) in [6.07, 6.45) is -4.22. The number of piperazine rings is 1. The summed E-state index contributed by atoms with van der Waals surface area (Å²) in [6.45, 7) is 11.3. The lowest BCUT2D eigenvalue weighted by atomic mass is 9.58. The zero-order chi connectivity index (χ0) is 18.7. The molecule has 0 spiro atoms. The SMILES string of the molecule is CCN1CCN(C(=O)[C@H]2C[C@@H](N)C2(C)C)CC1.O=C(O)C(F)(F)F. The molecule has 0 radical (unpaired) electrons. The molecule has 2 aliphatic rings. The van der Waals surface area contributed by atoms with Gasteiger partial charge in [0, 0.05) is 38.1 Å². The van der Waals surface area contributed by atoms with E-state index < -0.39 is 12.1 Å². The maximum atomic E-state index is 12.4. The molecule has 1 saturated heterocycles. The smallest absolute Gasteiger partial charge is 0.475 e. The third kappa shape index (κ3) is 4.83. The highest BCUT2D eigenvalue weighted by molar-refractivity contribution is 5.81. The third-order valence-corrected chi connectivity index (χ3v) is 5.02. The van der Waals surface area contributed by atoms with Crippen LogP contribution in [0.5, 0.6) is 0 Å². The number of rotatable bonds is 2. The van der Waals surface area contributed by atoms with Crippen molar-refractivity contribution in [3.63, 3.8) is 0 Å². The molecule has 1 heterocycles. The predicted molar refractivity (Wildman–Crippen MR) is 82.2 cm³/mol. The Kier molecular flexibility index (Phi) is 6.63. The van der Waals surface area contributed by atoms with Gasteiger partial charge >= 0.3 is 12.1 Å². The van der Waals surface area contributed by atoms with Gasteiger partial charge in [0.2, 0.25) is 5.91 Å². The van der Waals surface area contributed by atoms with Gasteiger partial charge < -0.3 is 20.6 Å². The molecule has 0 aromatic rings. The first kappa shape index (κ1) is 20.7. The van der Waals surface area contributed by atoms with E-state index in [1.54, 1.807) is 0 Å². The third-order valence-electron chi connectivity index (χ3n) is 5.02. The van der Waals surface area contributed by atoms with Crippen LogP contribution in [-0.4, -0.2) is 71.7 Å². The fourth-order valence-electron chi connectivity index (χ4n) is 2.88. The molecule has 1 amide bonds. The standard InChI is InChI=1S/C13H25N3O.C2HF3O2/c1-4-15-5-7-16(8-6-15)12(17)10-9-11(14)13(10,2)3;3-2(4,5)1(6)7/h10-11H,4-9,14H2,1-3H3;(H,6,7)/t10-,11-;/m1./s1. The van der Waals surface area contributed by atoms with Crippen LogP contribution < -0.4 is 5.73 Å². The van der Waals surface area contributed by atoms with Crippen LogP contribution in [0, 0.1) is 11.3 Å². The fourth-order valence-corrected chi connectivity index (χ4v) is 2.88. The van der Waals surface area contributed by atoms with Crippen molar-refractivity contribution in [1.82, 2.24) is 9.80 Å². The Morgan fingerprint density at radius 1 is 1.21 bits per heavy atom. The summed E-state index contributed by atoms with van der Waals surface area (Å²) in [4.78, 5) is 25.7. The number of amides is 1. The Morgan fingerprint density at radius 3 is 1.96 bits per heavy atom. The Labute approximate surface area is 139 Å². The van der Waals surface area contributed by atoms with Gasteiger partial charge in [0.25, 0.3) is 0 Å². The Morgan fingerprint density at radius 2 is 1.67 bits per heavy atom. The molecule has 24 heavy (non-hydrogen) atoms. The molecule has 140 valence electrons. The van der Waals surface area contributed by atoms with E-state index in [0.29, 0.717) is 5.91 Å². The highest BCUT2D eigenvalue weighted by Crippen LogP contribution is 2.45. The van der Waals surface area contributed by atoms with Gasteiger partial charge in [-0.15, -0.1) is 0 Å². The molecular formula is C15H26F3N3O3. The summed E-state index contributed by atoms with van der Waals surface area (Å²) >= 11 is 0. The molecule has 0 aromatic heterocycles. The number of nitrogens with two attached hydrogens (primary N) is 1. The summed E-state index contributed by atoms with van der Waals surface area (Å²) < 4.78 is 31.7. The summed E-state index contributed by atoms with van der Waals surface area (Å²) in [5.74, 6) is -2.29. The van der Waals surface area contributed by atoms with Crippen LogP contribution in [0.1, 0.15) is 27.2 Å². The van der Waals surface area contributed by atoms with E-state index >= 15 is 0 Å². The minimum atomic E-state index is -5.08. The van der Waals surface area contributed by atoms with Crippen molar-refractivity contribution in [2.75, 3.05) is 32.7 Å². The van der Waals surface area contributed by atoms with Crippen molar-refractivity contribution in [1.29, 1.82) is 0 Å². The number of halogens is 3. The number of aliphatic carboxylic acids is 1. The lowest BCUT2D eigenvalue weighted by Crippen LogP contribution is -2.61. The molecule has 0 aromatic carbocycles. The van der Waals surface area contributed by atoms with Crippen molar-refractivity contribution in [2.45, 2.75) is 39.4 Å². The van der Waals surface area contributed by atoms with Gasteiger partial charge in [-0.2, -0.15) is 13.2 Å². The van der Waals surface area contributed by atoms with Crippen LogP contribution in [0.2, 0.25) is 0 Å². The average Bonchev–Trinajstić information content (AvgIpc) is 2.51. The maximum Gasteiger partial charge on any atom is 0.490 e. The normalized spacial score (nSPS) is 26.9. The van der Waals surface area contributed by atoms with E-state index in [0.717, 1.165) is 39.1 Å². The Hall–Kier alpha value is -1.35. The molecule has 1 aliphatic heterocycles. The van der Waals surface area contributed by atoms with E-state index in [4.69, 9.17) is 15.6 Å². The number of hydrogen-bond acceptors (Lipinski definition) is 4. The van der Waals surface area contributed by atoms with Crippen LogP contribution in [0.3, 0.4) is 0 Å². The molecule has 2 fully saturated rings. The zero-order valence-electron chi connectivity index (χ0n) is 14.3. The summed E-state index contributed by atoms with van der Waals surface area (Å²) in [5, 5.41) is 7.12. The monoisotopic (exact) mass is 353 g/mol. The predicted octanol–water partition coefficient (Wildman–Crippen LogP) is 1.16. The largest absolute Gasteiger partial charge is 0.490 e. The van der Waals surface area contributed by atoms with Crippen molar-refractivity contribution in [2.24, 2.45) is 17.1 Å². The van der Waals surface area contributed by atoms with Crippen LogP contribution >= 0.6 is 0 Å². The van der Waals surface area contributed by atoms with E-state index in [1.165, 1.54) is 0 Å². The van der Waals surface area contributed by atoms with E-state index in [9.17, 15) is 18.0 Å². The highest BCUT2D eigenvalue weighted by atomic mass is 19.4. The molecular weight excluding hydrogens is 327 g/mol. The second kappa shape index (κ2) is 7.69. The fraction of sp³-hybridized carbons (Fsp3) is 0.867. The van der Waals surface area contributed by atoms with Crippen LogP contribution in [0.4, 0.5) is 13.2 Å². The lowest BCUT2D eigenvalue weighted by Gasteiger charge is -2.51. The van der Waals surface area contributed by atoms with Crippen LogP contribution in [0.15, 0.2) is 0 Å². The topological polar surface area (TPSA) is 86.9 Å². The van der Waals surface area contributed by atoms with Gasteiger partial charge in [-0.05, 0) is 18.4 Å². The number of hydrogen-bond donors (Lipinski definition) is 2. The van der Waals surface area contributed by atoms with Crippen LogP contribution in [-0.2, 0) is 9.59 Å². The number of nitrogens with zero attached hydrogens (tertiary/aromatic N) is 2. The summed E-state index contributed by atoms with van der Waals surface area (Å²) in [5.41, 5.74) is 5.96. The molecule has 0 unspecified atom stereocenters. The van der Waals surface area contributed by atoms with Gasteiger partial charge in [0.05, 0.1) is 0 Å². The first-order valence-corrected chi connectivity index (χ1v) is 7.98. The summed E-state index contributed by atoms with van der Waals surface area (Å²) in [7, 11) is 0. The Bertz CT molecular complexity index is 461. The first-order valence-electron chi connectivity index (χ1n) is 7.98. The molecule has 0 bridgehead atoms. The van der Waals surface area contributed by atoms with Gasteiger partial charge in [0.1, 0.15) is 0 Å². The van der Waals surface area contributed by atoms with Gasteiger partial charge in [-0.3, -0.25) is 4.79 Å². The van der Waals surface area contributed by atoms with Crippen molar-refractivity contribution in [3.05, 3.63) is 0 Å². The molecule has 9 heteroatoms. The maximum absolute atomic E-state index is 12.4. The molecule has 6 nitrogen and oxygen atoms in total. The van der Waals surface area contributed by atoms with E-state index in [1.807, 2.05) is 4.90 Å². The van der Waals surface area contributed by atoms with Crippen molar-refractivity contribution < 1.29 is 27.9 Å². The number of carboxylic acids is 1. The molecule has 2 rings (SSSR count).